The SMILES string of the molecule is Cc1ccc(C(N)=O)c(C2CC2)c1-n1ccnc(NC(C)(C)c2ccccc2OCCN2CCOCC2)c1=O. The standard InChI is InChI=1S/C30H37N5O4/c1-20-8-11-22(27(31)36)25(21-9-10-21)26(20)35-13-12-32-28(29(35)37)33-30(2,3)23-6-4-5-7-24(23)39-19-16-34-14-17-38-18-15-34/h4-8,11-13,21H,9-10,14-19H2,1-3H3,(H2,31,36)(H,32,33). The van der Waals surface area contributed by atoms with E-state index in [0.29, 0.717) is 17.9 Å². The van der Waals surface area contributed by atoms with Gasteiger partial charge in [-0.2, -0.15) is 0 Å². The zero-order chi connectivity index (χ0) is 27.6. The lowest BCUT2D eigenvalue weighted by atomic mass is 9.93. The van der Waals surface area contributed by atoms with Gasteiger partial charge in [0, 0.05) is 43.2 Å². The molecule has 3 N–H and O–H groups in total. The Hall–Kier alpha value is -3.69. The normalized spacial score (nSPS) is 16.2. The van der Waals surface area contributed by atoms with Crippen LogP contribution in [0.5, 0.6) is 5.75 Å². The summed E-state index contributed by atoms with van der Waals surface area (Å²) in [6.07, 6.45) is 5.20. The summed E-state index contributed by atoms with van der Waals surface area (Å²) in [5.41, 5.74) is 8.62. The number of morpholine rings is 1. The van der Waals surface area contributed by atoms with Gasteiger partial charge >= 0.3 is 0 Å². The fraction of sp³-hybridized carbons (Fsp3) is 0.433. The van der Waals surface area contributed by atoms with Gasteiger partial charge in [0.15, 0.2) is 5.82 Å². The summed E-state index contributed by atoms with van der Waals surface area (Å²) >= 11 is 0. The lowest BCUT2D eigenvalue weighted by molar-refractivity contribution is 0.0321. The van der Waals surface area contributed by atoms with Crippen LogP contribution in [0.25, 0.3) is 5.69 Å². The molecule has 1 aliphatic carbocycles. The molecule has 0 spiro atoms. The van der Waals surface area contributed by atoms with Gasteiger partial charge in [0.05, 0.1) is 24.4 Å². The van der Waals surface area contributed by atoms with E-state index in [2.05, 4.69) is 15.2 Å². The van der Waals surface area contributed by atoms with E-state index < -0.39 is 11.4 Å². The van der Waals surface area contributed by atoms with Crippen LogP contribution in [0, 0.1) is 6.92 Å². The van der Waals surface area contributed by atoms with Gasteiger partial charge < -0.3 is 20.5 Å². The van der Waals surface area contributed by atoms with E-state index in [4.69, 9.17) is 15.2 Å². The van der Waals surface area contributed by atoms with Gasteiger partial charge in [0.25, 0.3) is 5.56 Å². The molecule has 1 amide bonds. The summed E-state index contributed by atoms with van der Waals surface area (Å²) in [5, 5.41) is 3.37. The van der Waals surface area contributed by atoms with Crippen LogP contribution in [-0.2, 0) is 10.3 Å². The van der Waals surface area contributed by atoms with E-state index in [-0.39, 0.29) is 17.3 Å². The molecular formula is C30H37N5O4. The summed E-state index contributed by atoms with van der Waals surface area (Å²) in [5.74, 6) is 0.721. The Morgan fingerprint density at radius 2 is 1.92 bits per heavy atom. The minimum Gasteiger partial charge on any atom is -0.492 e. The van der Waals surface area contributed by atoms with Crippen molar-refractivity contribution < 1.29 is 14.3 Å². The topological polar surface area (TPSA) is 112 Å². The van der Waals surface area contributed by atoms with Gasteiger partial charge in [0.1, 0.15) is 12.4 Å². The first kappa shape index (κ1) is 26.9. The molecule has 3 aromatic rings. The molecule has 2 heterocycles. The fourth-order valence-electron chi connectivity index (χ4n) is 5.29. The van der Waals surface area contributed by atoms with Gasteiger partial charge in [-0.05, 0) is 62.8 Å². The maximum atomic E-state index is 13.8. The van der Waals surface area contributed by atoms with Crippen molar-refractivity contribution in [3.05, 3.63) is 81.4 Å². The van der Waals surface area contributed by atoms with Crippen LogP contribution in [0.15, 0.2) is 53.6 Å². The predicted octanol–water partition coefficient (Wildman–Crippen LogP) is 3.58. The average Bonchev–Trinajstić information content (AvgIpc) is 3.76. The number of aromatic nitrogens is 2. The molecular weight excluding hydrogens is 494 g/mol. The predicted molar refractivity (Wildman–Crippen MR) is 151 cm³/mol. The van der Waals surface area contributed by atoms with E-state index in [0.717, 1.165) is 68.1 Å². The summed E-state index contributed by atoms with van der Waals surface area (Å²) in [7, 11) is 0. The Balaban J connectivity index is 1.42. The summed E-state index contributed by atoms with van der Waals surface area (Å²) in [6, 6.07) is 11.5. The van der Waals surface area contributed by atoms with Crippen LogP contribution in [-0.4, -0.2) is 59.8 Å². The van der Waals surface area contributed by atoms with Gasteiger partial charge in [0.2, 0.25) is 5.91 Å². The third kappa shape index (κ3) is 5.84. The Labute approximate surface area is 228 Å². The second kappa shape index (κ2) is 11.2. The smallest absolute Gasteiger partial charge is 0.297 e. The van der Waals surface area contributed by atoms with Crippen LogP contribution in [0.4, 0.5) is 5.82 Å². The maximum absolute atomic E-state index is 13.8. The van der Waals surface area contributed by atoms with Gasteiger partial charge in [-0.25, -0.2) is 4.98 Å². The van der Waals surface area contributed by atoms with Crippen LogP contribution < -0.4 is 21.3 Å². The number of carbonyl (C=O) groups excluding carboxylic acids is 1. The van der Waals surface area contributed by atoms with Gasteiger partial charge in [-0.3, -0.25) is 19.1 Å². The summed E-state index contributed by atoms with van der Waals surface area (Å²) in [6.45, 7) is 10.7. The molecule has 1 aromatic heterocycles. The number of aryl methyl sites for hydroxylation is 1. The number of amides is 1. The summed E-state index contributed by atoms with van der Waals surface area (Å²) < 4.78 is 13.2. The first-order valence-corrected chi connectivity index (χ1v) is 13.6. The molecule has 9 nitrogen and oxygen atoms in total. The number of hydrogen-bond donors (Lipinski definition) is 2. The number of carbonyl (C=O) groups is 1. The highest BCUT2D eigenvalue weighted by molar-refractivity contribution is 5.96. The molecule has 0 atom stereocenters. The van der Waals surface area contributed by atoms with Crippen molar-refractivity contribution in [2.45, 2.75) is 45.1 Å². The van der Waals surface area contributed by atoms with Crippen LogP contribution >= 0.6 is 0 Å². The zero-order valence-electron chi connectivity index (χ0n) is 22.9. The number of benzene rings is 2. The van der Waals surface area contributed by atoms with Crippen molar-refractivity contribution in [2.24, 2.45) is 5.73 Å². The Morgan fingerprint density at radius 3 is 2.64 bits per heavy atom. The third-order valence-electron chi connectivity index (χ3n) is 7.51. The number of primary amides is 1. The Bertz CT molecular complexity index is 1410. The first-order chi connectivity index (χ1) is 18.8. The molecule has 39 heavy (non-hydrogen) atoms. The van der Waals surface area contributed by atoms with E-state index in [1.807, 2.05) is 51.1 Å². The molecule has 0 radical (unpaired) electrons. The van der Waals surface area contributed by atoms with Gasteiger partial charge in [-0.15, -0.1) is 0 Å². The number of nitrogens with zero attached hydrogens (tertiary/aromatic N) is 3. The molecule has 5 rings (SSSR count). The van der Waals surface area contributed by atoms with Crippen LogP contribution in [0.3, 0.4) is 0 Å². The third-order valence-corrected chi connectivity index (χ3v) is 7.51. The molecule has 0 bridgehead atoms. The second-order valence-corrected chi connectivity index (χ2v) is 10.8. The number of para-hydroxylation sites is 1. The lowest BCUT2D eigenvalue weighted by Gasteiger charge is -2.30. The number of rotatable bonds is 10. The van der Waals surface area contributed by atoms with E-state index >= 15 is 0 Å². The maximum Gasteiger partial charge on any atom is 0.297 e. The molecule has 1 aliphatic heterocycles. The zero-order valence-corrected chi connectivity index (χ0v) is 22.9. The molecule has 2 aromatic carbocycles. The molecule has 9 heteroatoms. The molecule has 0 unspecified atom stereocenters. The number of anilines is 1. The monoisotopic (exact) mass is 531 g/mol. The second-order valence-electron chi connectivity index (χ2n) is 10.8. The number of nitrogens with one attached hydrogen (secondary N) is 1. The fourth-order valence-corrected chi connectivity index (χ4v) is 5.29. The van der Waals surface area contributed by atoms with Crippen LogP contribution in [0.1, 0.15) is 59.7 Å². The van der Waals surface area contributed by atoms with Gasteiger partial charge in [-0.1, -0.05) is 24.3 Å². The van der Waals surface area contributed by atoms with Crippen molar-refractivity contribution in [1.82, 2.24) is 14.5 Å². The molecule has 1 saturated heterocycles. The molecule has 2 aliphatic rings. The highest BCUT2D eigenvalue weighted by atomic mass is 16.5. The highest BCUT2D eigenvalue weighted by Gasteiger charge is 2.32. The van der Waals surface area contributed by atoms with Crippen molar-refractivity contribution in [2.75, 3.05) is 44.8 Å². The van der Waals surface area contributed by atoms with Crippen molar-refractivity contribution >= 4 is 11.7 Å². The quantitative estimate of drug-likeness (QED) is 0.411. The van der Waals surface area contributed by atoms with Crippen molar-refractivity contribution in [3.63, 3.8) is 0 Å². The minimum absolute atomic E-state index is 0.219. The largest absolute Gasteiger partial charge is 0.492 e. The lowest BCUT2D eigenvalue weighted by Crippen LogP contribution is -2.39. The number of hydrogen-bond acceptors (Lipinski definition) is 7. The first-order valence-electron chi connectivity index (χ1n) is 13.6. The molecule has 2 fully saturated rings. The van der Waals surface area contributed by atoms with E-state index in [1.165, 1.54) is 0 Å². The van der Waals surface area contributed by atoms with E-state index in [9.17, 15) is 9.59 Å². The molecule has 206 valence electrons. The van der Waals surface area contributed by atoms with Crippen molar-refractivity contribution in [1.29, 1.82) is 0 Å². The highest BCUT2D eigenvalue weighted by Crippen LogP contribution is 2.45. The summed E-state index contributed by atoms with van der Waals surface area (Å²) in [4.78, 5) is 32.8. The van der Waals surface area contributed by atoms with Crippen molar-refractivity contribution in [3.8, 4) is 11.4 Å². The Kier molecular flexibility index (Phi) is 7.72. The molecule has 1 saturated carbocycles. The minimum atomic E-state index is -0.662. The number of ether oxygens (including phenoxy) is 2. The van der Waals surface area contributed by atoms with Crippen LogP contribution in [0.2, 0.25) is 0 Å². The Morgan fingerprint density at radius 1 is 1.18 bits per heavy atom. The average molecular weight is 532 g/mol. The van der Waals surface area contributed by atoms with E-state index in [1.54, 1.807) is 23.0 Å². The number of nitrogens with two attached hydrogens (primary N) is 1.